The van der Waals surface area contributed by atoms with Crippen LogP contribution < -0.4 is 10.1 Å². The molecule has 0 aliphatic heterocycles. The lowest BCUT2D eigenvalue weighted by atomic mass is 10.2. The maximum Gasteiger partial charge on any atom is 0.338 e. The van der Waals surface area contributed by atoms with Crippen molar-refractivity contribution in [3.63, 3.8) is 0 Å². The third-order valence-corrected chi connectivity index (χ3v) is 2.85. The van der Waals surface area contributed by atoms with Crippen LogP contribution in [0.4, 0.5) is 4.39 Å². The third kappa shape index (κ3) is 5.41. The topological polar surface area (TPSA) is 64.6 Å². The van der Waals surface area contributed by atoms with Crippen molar-refractivity contribution in [3.05, 3.63) is 29.6 Å². The van der Waals surface area contributed by atoms with E-state index in [1.807, 2.05) is 13.8 Å². The van der Waals surface area contributed by atoms with E-state index in [0.717, 1.165) is 18.9 Å². The van der Waals surface area contributed by atoms with Crippen LogP contribution >= 0.6 is 0 Å². The number of benzene rings is 1. The average molecular weight is 297 g/mol. The first-order valence-corrected chi connectivity index (χ1v) is 6.78. The highest BCUT2D eigenvalue weighted by molar-refractivity contribution is 5.91. The van der Waals surface area contributed by atoms with Crippen molar-refractivity contribution >= 4 is 11.9 Å². The molecule has 0 saturated carbocycles. The van der Waals surface area contributed by atoms with E-state index in [-0.39, 0.29) is 29.9 Å². The molecule has 1 rings (SSSR count). The minimum Gasteiger partial charge on any atom is -0.494 e. The van der Waals surface area contributed by atoms with Gasteiger partial charge in [-0.05, 0) is 31.5 Å². The van der Waals surface area contributed by atoms with Crippen molar-refractivity contribution in [2.45, 2.75) is 32.7 Å². The Morgan fingerprint density at radius 3 is 2.67 bits per heavy atom. The number of esters is 1. The molecule has 0 bridgehead atoms. The summed E-state index contributed by atoms with van der Waals surface area (Å²) in [4.78, 5) is 23.3. The standard InChI is InChI=1S/C15H20FNO4/c1-4-5-10(2)17-14(18)9-21-15(19)11-6-7-13(20-3)12(16)8-11/h6-8,10H,4-5,9H2,1-3H3,(H,17,18)/t10-/m0/s1. The molecule has 1 atom stereocenters. The van der Waals surface area contributed by atoms with Crippen molar-refractivity contribution in [1.29, 1.82) is 0 Å². The molecular weight excluding hydrogens is 277 g/mol. The Bertz CT molecular complexity index is 504. The van der Waals surface area contributed by atoms with E-state index in [2.05, 4.69) is 5.32 Å². The van der Waals surface area contributed by atoms with E-state index in [0.29, 0.717) is 0 Å². The highest BCUT2D eigenvalue weighted by Gasteiger charge is 2.14. The van der Waals surface area contributed by atoms with Crippen LogP contribution in [0, 0.1) is 5.82 Å². The minimum atomic E-state index is -0.755. The Labute approximate surface area is 123 Å². The average Bonchev–Trinajstić information content (AvgIpc) is 2.44. The zero-order chi connectivity index (χ0) is 15.8. The molecule has 0 aliphatic carbocycles. The summed E-state index contributed by atoms with van der Waals surface area (Å²) in [6, 6.07) is 3.75. The van der Waals surface area contributed by atoms with Crippen LogP contribution in [-0.4, -0.2) is 31.6 Å². The van der Waals surface area contributed by atoms with Gasteiger partial charge >= 0.3 is 5.97 Å². The molecule has 6 heteroatoms. The van der Waals surface area contributed by atoms with Crippen molar-refractivity contribution in [2.75, 3.05) is 13.7 Å². The monoisotopic (exact) mass is 297 g/mol. The molecule has 0 unspecified atom stereocenters. The van der Waals surface area contributed by atoms with Crippen molar-refractivity contribution in [1.82, 2.24) is 5.32 Å². The van der Waals surface area contributed by atoms with Crippen LogP contribution in [0.3, 0.4) is 0 Å². The normalized spacial score (nSPS) is 11.6. The lowest BCUT2D eigenvalue weighted by Crippen LogP contribution is -2.35. The molecule has 1 aromatic carbocycles. The van der Waals surface area contributed by atoms with Crippen LogP contribution in [0.2, 0.25) is 0 Å². The Kier molecular flexibility index (Phi) is 6.65. The summed E-state index contributed by atoms with van der Waals surface area (Å²) in [5, 5.41) is 2.71. The molecule has 1 amide bonds. The second kappa shape index (κ2) is 8.24. The summed E-state index contributed by atoms with van der Waals surface area (Å²) < 4.78 is 23.0. The van der Waals surface area contributed by atoms with Gasteiger partial charge in [0, 0.05) is 6.04 Å². The van der Waals surface area contributed by atoms with Gasteiger partial charge in [-0.2, -0.15) is 0 Å². The Morgan fingerprint density at radius 2 is 2.10 bits per heavy atom. The fraction of sp³-hybridized carbons (Fsp3) is 0.467. The van der Waals surface area contributed by atoms with Gasteiger partial charge in [0.25, 0.3) is 5.91 Å². The number of rotatable bonds is 7. The molecule has 0 radical (unpaired) electrons. The Balaban J connectivity index is 2.50. The number of methoxy groups -OCH3 is 1. The molecule has 21 heavy (non-hydrogen) atoms. The summed E-state index contributed by atoms with van der Waals surface area (Å²) in [6.45, 7) is 3.50. The number of hydrogen-bond donors (Lipinski definition) is 1. The van der Waals surface area contributed by atoms with Gasteiger partial charge < -0.3 is 14.8 Å². The number of carbonyl (C=O) groups is 2. The quantitative estimate of drug-likeness (QED) is 0.784. The van der Waals surface area contributed by atoms with Crippen LogP contribution in [0.1, 0.15) is 37.0 Å². The van der Waals surface area contributed by atoms with Crippen molar-refractivity contribution in [3.8, 4) is 5.75 Å². The number of halogens is 1. The smallest absolute Gasteiger partial charge is 0.338 e. The van der Waals surface area contributed by atoms with E-state index < -0.39 is 11.8 Å². The van der Waals surface area contributed by atoms with Crippen molar-refractivity contribution < 1.29 is 23.5 Å². The first-order chi connectivity index (χ1) is 9.97. The van der Waals surface area contributed by atoms with Gasteiger partial charge in [0.2, 0.25) is 0 Å². The van der Waals surface area contributed by atoms with E-state index in [9.17, 15) is 14.0 Å². The molecule has 0 aromatic heterocycles. The van der Waals surface area contributed by atoms with Gasteiger partial charge in [0.05, 0.1) is 12.7 Å². The highest BCUT2D eigenvalue weighted by Crippen LogP contribution is 2.18. The van der Waals surface area contributed by atoms with Crippen LogP contribution in [0.15, 0.2) is 18.2 Å². The molecule has 0 heterocycles. The number of hydrogen-bond acceptors (Lipinski definition) is 4. The molecule has 1 aromatic rings. The molecule has 5 nitrogen and oxygen atoms in total. The van der Waals surface area contributed by atoms with Crippen LogP contribution in [0.25, 0.3) is 0 Å². The number of carbonyl (C=O) groups excluding carboxylic acids is 2. The third-order valence-electron chi connectivity index (χ3n) is 2.85. The lowest BCUT2D eigenvalue weighted by Gasteiger charge is -2.12. The number of ether oxygens (including phenoxy) is 2. The number of amides is 1. The Hall–Kier alpha value is -2.11. The maximum absolute atomic E-state index is 13.5. The Morgan fingerprint density at radius 1 is 1.38 bits per heavy atom. The lowest BCUT2D eigenvalue weighted by molar-refractivity contribution is -0.124. The number of nitrogens with one attached hydrogen (secondary N) is 1. The molecule has 0 fully saturated rings. The second-order valence-electron chi connectivity index (χ2n) is 4.68. The minimum absolute atomic E-state index is 0.0274. The largest absolute Gasteiger partial charge is 0.494 e. The highest BCUT2D eigenvalue weighted by atomic mass is 19.1. The fourth-order valence-corrected chi connectivity index (χ4v) is 1.83. The van der Waals surface area contributed by atoms with Gasteiger partial charge in [-0.25, -0.2) is 9.18 Å². The summed E-state index contributed by atoms with van der Waals surface area (Å²) in [5.74, 6) is -1.75. The van der Waals surface area contributed by atoms with Crippen LogP contribution in [0.5, 0.6) is 5.75 Å². The summed E-state index contributed by atoms with van der Waals surface area (Å²) >= 11 is 0. The summed E-state index contributed by atoms with van der Waals surface area (Å²) in [5.41, 5.74) is 0.0303. The molecule has 0 spiro atoms. The fourth-order valence-electron chi connectivity index (χ4n) is 1.83. The predicted octanol–water partition coefficient (Wildman–Crippen LogP) is 2.30. The van der Waals surface area contributed by atoms with Gasteiger partial charge in [-0.3, -0.25) is 4.79 Å². The van der Waals surface area contributed by atoms with E-state index >= 15 is 0 Å². The van der Waals surface area contributed by atoms with Gasteiger partial charge in [-0.1, -0.05) is 13.3 Å². The molecule has 1 N–H and O–H groups in total. The summed E-state index contributed by atoms with van der Waals surface area (Å²) in [6.07, 6.45) is 1.80. The van der Waals surface area contributed by atoms with Crippen molar-refractivity contribution in [2.24, 2.45) is 0 Å². The molecule has 0 saturated heterocycles. The zero-order valence-corrected chi connectivity index (χ0v) is 12.4. The van der Waals surface area contributed by atoms with Gasteiger partial charge in [0.1, 0.15) is 0 Å². The molecule has 116 valence electrons. The van der Waals surface area contributed by atoms with Gasteiger partial charge in [-0.15, -0.1) is 0 Å². The first kappa shape index (κ1) is 16.9. The van der Waals surface area contributed by atoms with E-state index in [4.69, 9.17) is 9.47 Å². The molecule has 0 aliphatic rings. The first-order valence-electron chi connectivity index (χ1n) is 6.78. The SMILES string of the molecule is CCC[C@H](C)NC(=O)COC(=O)c1ccc(OC)c(F)c1. The maximum atomic E-state index is 13.5. The summed E-state index contributed by atoms with van der Waals surface area (Å²) in [7, 11) is 1.33. The van der Waals surface area contributed by atoms with Crippen LogP contribution in [-0.2, 0) is 9.53 Å². The van der Waals surface area contributed by atoms with E-state index in [1.54, 1.807) is 0 Å². The predicted molar refractivity (Wildman–Crippen MR) is 75.7 cm³/mol. The zero-order valence-electron chi connectivity index (χ0n) is 12.4. The van der Waals surface area contributed by atoms with E-state index in [1.165, 1.54) is 19.2 Å². The molecular formula is C15H20FNO4. The van der Waals surface area contributed by atoms with Gasteiger partial charge in [0.15, 0.2) is 18.2 Å². The second-order valence-corrected chi connectivity index (χ2v) is 4.68.